The Morgan fingerprint density at radius 2 is 1.77 bits per heavy atom. The summed E-state index contributed by atoms with van der Waals surface area (Å²) >= 11 is 5.89. The van der Waals surface area contributed by atoms with Gasteiger partial charge in [-0.3, -0.25) is 20.3 Å². The van der Waals surface area contributed by atoms with Gasteiger partial charge in [-0.2, -0.15) is 0 Å². The van der Waals surface area contributed by atoms with Crippen LogP contribution in [0.5, 0.6) is 5.75 Å². The van der Waals surface area contributed by atoms with E-state index in [4.69, 9.17) is 21.2 Å². The van der Waals surface area contributed by atoms with Crippen molar-refractivity contribution >= 4 is 34.8 Å². The molecule has 9 heteroatoms. The molecule has 0 radical (unpaired) electrons. The fourth-order valence-corrected chi connectivity index (χ4v) is 2.66. The second kappa shape index (κ2) is 10.0. The topological polar surface area (TPSA) is 103 Å². The van der Waals surface area contributed by atoms with E-state index in [9.17, 15) is 14.9 Å². The highest BCUT2D eigenvalue weighted by atomic mass is 35.5. The van der Waals surface area contributed by atoms with Crippen molar-refractivity contribution < 1.29 is 19.3 Å². The first-order valence-corrected chi connectivity index (χ1v) is 9.13. The lowest BCUT2D eigenvalue weighted by atomic mass is 10.1. The molecule has 0 bridgehead atoms. The summed E-state index contributed by atoms with van der Waals surface area (Å²) in [6.45, 7) is -0.153. The second-order valence-electron chi connectivity index (χ2n) is 5.93. The van der Waals surface area contributed by atoms with Crippen LogP contribution in [-0.2, 0) is 4.84 Å². The zero-order chi connectivity index (χ0) is 21.3. The molecule has 8 nitrogen and oxygen atoms in total. The summed E-state index contributed by atoms with van der Waals surface area (Å²) in [5.41, 5.74) is 1.17. The maximum Gasteiger partial charge on any atom is 0.437 e. The van der Waals surface area contributed by atoms with Crippen molar-refractivity contribution in [2.45, 2.75) is 0 Å². The summed E-state index contributed by atoms with van der Waals surface area (Å²) in [6.07, 6.45) is -0.823. The Balaban J connectivity index is 1.74. The van der Waals surface area contributed by atoms with E-state index in [0.29, 0.717) is 16.3 Å². The lowest BCUT2D eigenvalue weighted by Crippen LogP contribution is -2.17. The maximum absolute atomic E-state index is 12.1. The van der Waals surface area contributed by atoms with Crippen LogP contribution >= 0.6 is 11.6 Å². The van der Waals surface area contributed by atoms with Gasteiger partial charge in [-0.25, -0.2) is 4.79 Å². The summed E-state index contributed by atoms with van der Waals surface area (Å²) < 4.78 is 5.58. The predicted molar refractivity (Wildman–Crippen MR) is 113 cm³/mol. The zero-order valence-corrected chi connectivity index (χ0v) is 16.3. The van der Waals surface area contributed by atoms with Crippen molar-refractivity contribution in [3.63, 3.8) is 0 Å². The molecular weight excluding hydrogens is 410 g/mol. The molecule has 1 amide bonds. The molecule has 0 saturated carbocycles. The molecule has 0 aliphatic carbocycles. The van der Waals surface area contributed by atoms with E-state index in [1.54, 1.807) is 60.7 Å². The van der Waals surface area contributed by atoms with Crippen LogP contribution in [0, 0.1) is 10.1 Å². The van der Waals surface area contributed by atoms with Crippen molar-refractivity contribution in [1.82, 2.24) is 0 Å². The maximum atomic E-state index is 12.1. The molecule has 1 N–H and O–H groups in total. The number of carbonyl (C=O) groups excluding carboxylic acids is 1. The van der Waals surface area contributed by atoms with Gasteiger partial charge in [0.15, 0.2) is 5.75 Å². The molecule has 0 spiro atoms. The Bertz CT molecular complexity index is 1070. The van der Waals surface area contributed by atoms with Gasteiger partial charge in [0.1, 0.15) is 12.3 Å². The lowest BCUT2D eigenvalue weighted by molar-refractivity contribution is -0.385. The summed E-state index contributed by atoms with van der Waals surface area (Å²) in [6, 6.07) is 21.4. The highest BCUT2D eigenvalue weighted by Gasteiger charge is 2.16. The van der Waals surface area contributed by atoms with Gasteiger partial charge in [-0.1, -0.05) is 65.3 Å². The van der Waals surface area contributed by atoms with Gasteiger partial charge in [-0.05, 0) is 24.3 Å². The molecule has 0 aliphatic rings. The molecule has 0 unspecified atom stereocenters. The molecule has 3 aromatic carbocycles. The first-order chi connectivity index (χ1) is 14.5. The molecule has 3 rings (SSSR count). The van der Waals surface area contributed by atoms with Crippen LogP contribution in [0.4, 0.5) is 16.2 Å². The van der Waals surface area contributed by atoms with Gasteiger partial charge in [0, 0.05) is 22.3 Å². The number of nitro groups is 1. The van der Waals surface area contributed by atoms with Crippen molar-refractivity contribution in [1.29, 1.82) is 0 Å². The molecule has 0 fully saturated rings. The fourth-order valence-electron chi connectivity index (χ4n) is 2.47. The van der Waals surface area contributed by atoms with Crippen molar-refractivity contribution in [2.24, 2.45) is 5.16 Å². The summed E-state index contributed by atoms with van der Waals surface area (Å²) in [5, 5.41) is 18.0. The third kappa shape index (κ3) is 5.79. The minimum absolute atomic E-state index is 0.0783. The van der Waals surface area contributed by atoms with Crippen LogP contribution in [0.3, 0.4) is 0 Å². The van der Waals surface area contributed by atoms with Crippen LogP contribution in [0.25, 0.3) is 0 Å². The minimum atomic E-state index is -0.823. The number of halogens is 1. The first-order valence-electron chi connectivity index (χ1n) is 8.75. The summed E-state index contributed by atoms with van der Waals surface area (Å²) in [7, 11) is 0. The van der Waals surface area contributed by atoms with E-state index in [-0.39, 0.29) is 23.8 Å². The van der Waals surface area contributed by atoms with Crippen LogP contribution in [0.1, 0.15) is 5.56 Å². The molecule has 0 aliphatic heterocycles. The number of amides is 1. The molecule has 0 aromatic heterocycles. The molecule has 3 aromatic rings. The number of ether oxygens (including phenoxy) is 1. The Kier molecular flexibility index (Phi) is 6.96. The predicted octanol–water partition coefficient (Wildman–Crippen LogP) is 5.28. The standard InChI is InChI=1S/C21H16ClN3O5/c22-16-9-6-10-17(13-16)23-21(26)30-24-18(15-7-2-1-3-8-15)14-29-20-12-5-4-11-19(20)25(27)28/h1-13H,14H2,(H,23,26). The molecule has 30 heavy (non-hydrogen) atoms. The second-order valence-corrected chi connectivity index (χ2v) is 6.37. The van der Waals surface area contributed by atoms with E-state index in [2.05, 4.69) is 10.5 Å². The highest BCUT2D eigenvalue weighted by molar-refractivity contribution is 6.30. The van der Waals surface area contributed by atoms with Crippen LogP contribution in [0.2, 0.25) is 5.02 Å². The normalized spacial score (nSPS) is 10.9. The Labute approximate surface area is 176 Å². The third-order valence-corrected chi connectivity index (χ3v) is 4.08. The van der Waals surface area contributed by atoms with Gasteiger partial charge in [-0.15, -0.1) is 0 Å². The summed E-state index contributed by atoms with van der Waals surface area (Å²) in [4.78, 5) is 27.6. The number of para-hydroxylation sites is 2. The zero-order valence-electron chi connectivity index (χ0n) is 15.5. The van der Waals surface area contributed by atoms with Crippen molar-refractivity contribution in [3.8, 4) is 5.75 Å². The summed E-state index contributed by atoms with van der Waals surface area (Å²) in [5.74, 6) is 0.0783. The van der Waals surface area contributed by atoms with Crippen molar-refractivity contribution in [3.05, 3.63) is 99.6 Å². The molecule has 0 saturated heterocycles. The lowest BCUT2D eigenvalue weighted by Gasteiger charge is -2.09. The molecule has 0 atom stereocenters. The van der Waals surface area contributed by atoms with Crippen molar-refractivity contribution in [2.75, 3.05) is 11.9 Å². The molecule has 0 heterocycles. The molecule has 152 valence electrons. The Hall–Kier alpha value is -3.91. The van der Waals surface area contributed by atoms with Crippen LogP contribution < -0.4 is 10.1 Å². The van der Waals surface area contributed by atoms with E-state index in [1.807, 2.05) is 6.07 Å². The third-order valence-electron chi connectivity index (χ3n) is 3.84. The number of oxime groups is 1. The van der Waals surface area contributed by atoms with Gasteiger partial charge in [0.25, 0.3) is 0 Å². The quantitative estimate of drug-likeness (QED) is 0.240. The van der Waals surface area contributed by atoms with E-state index < -0.39 is 11.0 Å². The van der Waals surface area contributed by atoms with E-state index in [0.717, 1.165) is 0 Å². The highest BCUT2D eigenvalue weighted by Crippen LogP contribution is 2.26. The minimum Gasteiger partial charge on any atom is -0.480 e. The SMILES string of the molecule is O=C(Nc1cccc(Cl)c1)ON=C(COc1ccccc1[N+](=O)[O-])c1ccccc1. The van der Waals surface area contributed by atoms with Crippen LogP contribution in [0.15, 0.2) is 84.0 Å². The average molecular weight is 426 g/mol. The number of carbonyl (C=O) groups is 1. The van der Waals surface area contributed by atoms with Crippen LogP contribution in [-0.4, -0.2) is 23.3 Å². The fraction of sp³-hybridized carbons (Fsp3) is 0.0476. The monoisotopic (exact) mass is 425 g/mol. The number of rotatable bonds is 7. The van der Waals surface area contributed by atoms with E-state index in [1.165, 1.54) is 12.1 Å². The first kappa shape index (κ1) is 20.8. The number of nitrogens with zero attached hydrogens (tertiary/aromatic N) is 2. The Morgan fingerprint density at radius 3 is 2.50 bits per heavy atom. The van der Waals surface area contributed by atoms with Gasteiger partial charge < -0.3 is 4.74 Å². The molecular formula is C21H16ClN3O5. The number of hydrogen-bond acceptors (Lipinski definition) is 6. The van der Waals surface area contributed by atoms with Gasteiger partial charge in [0.2, 0.25) is 0 Å². The van der Waals surface area contributed by atoms with Gasteiger partial charge >= 0.3 is 11.8 Å². The smallest absolute Gasteiger partial charge is 0.437 e. The van der Waals surface area contributed by atoms with Gasteiger partial charge in [0.05, 0.1) is 4.92 Å². The average Bonchev–Trinajstić information content (AvgIpc) is 2.74. The van der Waals surface area contributed by atoms with E-state index >= 15 is 0 Å². The Morgan fingerprint density at radius 1 is 1.03 bits per heavy atom. The number of benzene rings is 3. The number of hydrogen-bond donors (Lipinski definition) is 1. The number of nitro benzene ring substituents is 1. The number of nitrogens with one attached hydrogen (secondary N) is 1. The largest absolute Gasteiger partial charge is 0.480 e. The number of anilines is 1.